The summed E-state index contributed by atoms with van der Waals surface area (Å²) in [5.74, 6) is 0.914. The van der Waals surface area contributed by atoms with E-state index in [2.05, 4.69) is 45.4 Å². The molecule has 1 unspecified atom stereocenters. The van der Waals surface area contributed by atoms with Crippen molar-refractivity contribution in [3.05, 3.63) is 53.6 Å². The highest BCUT2D eigenvalue weighted by atomic mass is 16.5. The van der Waals surface area contributed by atoms with Crippen molar-refractivity contribution in [3.8, 4) is 5.75 Å². The largest absolute Gasteiger partial charge is 0.479 e. The fourth-order valence-corrected chi connectivity index (χ4v) is 3.95. The first-order valence-corrected chi connectivity index (χ1v) is 10.7. The van der Waals surface area contributed by atoms with Crippen LogP contribution in [0.3, 0.4) is 0 Å². The third-order valence-corrected chi connectivity index (χ3v) is 5.85. The van der Waals surface area contributed by atoms with E-state index in [1.54, 1.807) is 6.92 Å². The van der Waals surface area contributed by atoms with Gasteiger partial charge in [0.25, 0.3) is 5.91 Å². The van der Waals surface area contributed by atoms with Gasteiger partial charge in [0.05, 0.1) is 5.69 Å². The van der Waals surface area contributed by atoms with Crippen LogP contribution in [0.1, 0.15) is 31.4 Å². The maximum Gasteiger partial charge on any atom is 0.265 e. The predicted molar refractivity (Wildman–Crippen MR) is 118 cm³/mol. The lowest BCUT2D eigenvalue weighted by Gasteiger charge is -2.36. The smallest absolute Gasteiger partial charge is 0.265 e. The van der Waals surface area contributed by atoms with Crippen molar-refractivity contribution in [2.75, 3.05) is 36.4 Å². The molecule has 0 radical (unpaired) electrons. The first kappa shape index (κ1) is 20.4. The monoisotopic (exact) mass is 407 g/mol. The number of hydrogen-bond donors (Lipinski definition) is 1. The van der Waals surface area contributed by atoms with Crippen LogP contribution in [0, 0.1) is 0 Å². The van der Waals surface area contributed by atoms with E-state index in [1.165, 1.54) is 11.3 Å². The summed E-state index contributed by atoms with van der Waals surface area (Å²) in [4.78, 5) is 28.3. The Kier molecular flexibility index (Phi) is 6.04. The molecule has 2 aliphatic heterocycles. The Balaban J connectivity index is 1.31. The molecule has 6 nitrogen and oxygen atoms in total. The minimum Gasteiger partial charge on any atom is -0.479 e. The van der Waals surface area contributed by atoms with Crippen LogP contribution in [0.2, 0.25) is 0 Å². The number of Topliss-reactive ketones (excluding diaryl/α,β-unsaturated/α-hetero) is 1. The van der Waals surface area contributed by atoms with Crippen LogP contribution in [0.4, 0.5) is 11.4 Å². The Morgan fingerprint density at radius 2 is 1.77 bits per heavy atom. The van der Waals surface area contributed by atoms with E-state index < -0.39 is 6.10 Å². The number of anilines is 2. The van der Waals surface area contributed by atoms with E-state index in [-0.39, 0.29) is 11.7 Å². The van der Waals surface area contributed by atoms with Gasteiger partial charge in [0.1, 0.15) is 11.5 Å². The van der Waals surface area contributed by atoms with E-state index in [0.717, 1.165) is 49.7 Å². The van der Waals surface area contributed by atoms with Gasteiger partial charge in [-0.3, -0.25) is 14.5 Å². The number of nitrogens with one attached hydrogen (secondary N) is 1. The fraction of sp³-hybridized carbons (Fsp3) is 0.417. The van der Waals surface area contributed by atoms with Crippen molar-refractivity contribution in [1.82, 2.24) is 4.90 Å². The summed E-state index contributed by atoms with van der Waals surface area (Å²) in [6.07, 6.45) is 0.667. The Hall–Kier alpha value is -2.86. The van der Waals surface area contributed by atoms with Gasteiger partial charge in [-0.15, -0.1) is 0 Å². The highest BCUT2D eigenvalue weighted by Gasteiger charge is 2.24. The Morgan fingerprint density at radius 1 is 1.07 bits per heavy atom. The molecule has 1 N–H and O–H groups in total. The molecule has 6 heteroatoms. The molecule has 1 atom stereocenters. The molecule has 2 aliphatic rings. The van der Waals surface area contributed by atoms with Crippen LogP contribution in [0.25, 0.3) is 0 Å². The molecule has 2 heterocycles. The fourth-order valence-electron chi connectivity index (χ4n) is 3.95. The standard InChI is InChI=1S/C24H29N3O3/c1-3-21(28)14-18-4-7-20(8-5-18)27-12-10-26(11-13-27)16-19-6-9-23-22(15-19)25-24(29)17(2)30-23/h4-9,15,17H,3,10-14,16H2,1-2H3,(H,25,29). The van der Waals surface area contributed by atoms with Crippen molar-refractivity contribution in [1.29, 1.82) is 0 Å². The van der Waals surface area contributed by atoms with Gasteiger partial charge in [-0.2, -0.15) is 0 Å². The molecule has 2 aromatic rings. The van der Waals surface area contributed by atoms with Crippen molar-refractivity contribution in [2.45, 2.75) is 39.3 Å². The molecule has 0 saturated carbocycles. The molecular weight excluding hydrogens is 378 g/mol. The molecule has 0 aliphatic carbocycles. The van der Waals surface area contributed by atoms with E-state index in [1.807, 2.05) is 19.1 Å². The van der Waals surface area contributed by atoms with E-state index in [9.17, 15) is 9.59 Å². The zero-order valence-corrected chi connectivity index (χ0v) is 17.7. The Labute approximate surface area is 177 Å². The highest BCUT2D eigenvalue weighted by molar-refractivity contribution is 5.97. The Bertz CT molecular complexity index is 918. The van der Waals surface area contributed by atoms with Gasteiger partial charge in [-0.1, -0.05) is 25.1 Å². The lowest BCUT2D eigenvalue weighted by molar-refractivity contribution is -0.122. The van der Waals surface area contributed by atoms with Gasteiger partial charge in [0.15, 0.2) is 6.10 Å². The lowest BCUT2D eigenvalue weighted by Crippen LogP contribution is -2.46. The summed E-state index contributed by atoms with van der Waals surface area (Å²) in [5.41, 5.74) is 4.23. The van der Waals surface area contributed by atoms with Crippen molar-refractivity contribution >= 4 is 23.1 Å². The van der Waals surface area contributed by atoms with Gasteiger partial charge in [-0.25, -0.2) is 0 Å². The Morgan fingerprint density at radius 3 is 2.47 bits per heavy atom. The summed E-state index contributed by atoms with van der Waals surface area (Å²) in [6, 6.07) is 14.4. The lowest BCUT2D eigenvalue weighted by atomic mass is 10.1. The SMILES string of the molecule is CCC(=O)Cc1ccc(N2CCN(Cc3ccc4c(c3)NC(=O)C(C)O4)CC2)cc1. The number of hydrogen-bond acceptors (Lipinski definition) is 5. The molecule has 1 fully saturated rings. The van der Waals surface area contributed by atoms with Crippen LogP contribution >= 0.6 is 0 Å². The quantitative estimate of drug-likeness (QED) is 0.797. The summed E-state index contributed by atoms with van der Waals surface area (Å²) in [5, 5.41) is 2.92. The summed E-state index contributed by atoms with van der Waals surface area (Å²) >= 11 is 0. The molecule has 1 amide bonds. The second-order valence-corrected chi connectivity index (χ2v) is 8.08. The molecule has 0 spiro atoms. The summed E-state index contributed by atoms with van der Waals surface area (Å²) in [6.45, 7) is 8.41. The van der Waals surface area contributed by atoms with Gasteiger partial charge in [0, 0.05) is 51.3 Å². The van der Waals surface area contributed by atoms with Crippen LogP contribution in [-0.4, -0.2) is 48.9 Å². The number of fused-ring (bicyclic) bond motifs is 1. The second-order valence-electron chi connectivity index (χ2n) is 8.08. The van der Waals surface area contributed by atoms with Gasteiger partial charge in [0.2, 0.25) is 0 Å². The third kappa shape index (κ3) is 4.65. The number of piperazine rings is 1. The third-order valence-electron chi connectivity index (χ3n) is 5.85. The number of ether oxygens (including phenoxy) is 1. The number of amides is 1. The molecule has 158 valence electrons. The van der Waals surface area contributed by atoms with E-state index in [0.29, 0.717) is 12.8 Å². The number of ketones is 1. The molecule has 2 aromatic carbocycles. The van der Waals surface area contributed by atoms with Gasteiger partial charge >= 0.3 is 0 Å². The average molecular weight is 408 g/mol. The molecule has 1 saturated heterocycles. The maximum atomic E-state index is 11.8. The topological polar surface area (TPSA) is 61.9 Å². The van der Waals surface area contributed by atoms with Crippen molar-refractivity contribution < 1.29 is 14.3 Å². The second kappa shape index (κ2) is 8.88. The molecule has 0 bridgehead atoms. The predicted octanol–water partition coefficient (Wildman–Crippen LogP) is 3.25. The van der Waals surface area contributed by atoms with Crippen molar-refractivity contribution in [3.63, 3.8) is 0 Å². The van der Waals surface area contributed by atoms with E-state index in [4.69, 9.17) is 4.74 Å². The first-order valence-electron chi connectivity index (χ1n) is 10.7. The van der Waals surface area contributed by atoms with Crippen LogP contribution in [0.15, 0.2) is 42.5 Å². The minimum absolute atomic E-state index is 0.0988. The average Bonchev–Trinajstić information content (AvgIpc) is 2.76. The number of rotatable bonds is 6. The number of nitrogens with zero attached hydrogens (tertiary/aromatic N) is 2. The van der Waals surface area contributed by atoms with Crippen LogP contribution in [0.5, 0.6) is 5.75 Å². The van der Waals surface area contributed by atoms with Crippen LogP contribution in [-0.2, 0) is 22.6 Å². The maximum absolute atomic E-state index is 11.8. The molecule has 30 heavy (non-hydrogen) atoms. The molecule has 4 rings (SSSR count). The summed E-state index contributed by atoms with van der Waals surface area (Å²) < 4.78 is 5.64. The van der Waals surface area contributed by atoms with Crippen molar-refractivity contribution in [2.24, 2.45) is 0 Å². The highest BCUT2D eigenvalue weighted by Crippen LogP contribution is 2.31. The number of carbonyl (C=O) groups excluding carboxylic acids is 2. The van der Waals surface area contributed by atoms with Crippen LogP contribution < -0.4 is 15.0 Å². The van der Waals surface area contributed by atoms with Gasteiger partial charge in [-0.05, 0) is 42.3 Å². The number of benzene rings is 2. The zero-order chi connectivity index (χ0) is 21.1. The minimum atomic E-state index is -0.447. The first-order chi connectivity index (χ1) is 14.5. The number of carbonyl (C=O) groups is 2. The zero-order valence-electron chi connectivity index (χ0n) is 17.7. The normalized spacial score (nSPS) is 19.1. The molecule has 0 aromatic heterocycles. The van der Waals surface area contributed by atoms with Gasteiger partial charge < -0.3 is 15.0 Å². The molecular formula is C24H29N3O3. The summed E-state index contributed by atoms with van der Waals surface area (Å²) in [7, 11) is 0. The van der Waals surface area contributed by atoms with E-state index >= 15 is 0 Å².